The Morgan fingerprint density at radius 1 is 1.64 bits per heavy atom. The topological polar surface area (TPSA) is 39.9 Å². The van der Waals surface area contributed by atoms with Crippen molar-refractivity contribution in [3.05, 3.63) is 24.0 Å². The van der Waals surface area contributed by atoms with Gasteiger partial charge in [0.15, 0.2) is 0 Å². The van der Waals surface area contributed by atoms with Gasteiger partial charge in [0, 0.05) is 13.2 Å². The summed E-state index contributed by atoms with van der Waals surface area (Å²) in [5.41, 5.74) is 1.36. The number of anilines is 1. The highest BCUT2D eigenvalue weighted by molar-refractivity contribution is 7.81. The molecule has 0 spiro atoms. The number of aromatic nitrogens is 1. The van der Waals surface area contributed by atoms with E-state index in [1.807, 2.05) is 6.07 Å². The van der Waals surface area contributed by atoms with Crippen LogP contribution in [-0.4, -0.2) is 12.0 Å². The van der Waals surface area contributed by atoms with Crippen LogP contribution in [0.2, 0.25) is 0 Å². The maximum atomic E-state index is 8.51. The molecule has 1 aromatic heterocycles. The van der Waals surface area contributed by atoms with E-state index in [2.05, 4.69) is 17.8 Å². The second-order valence-corrected chi connectivity index (χ2v) is 2.67. The third-order valence-corrected chi connectivity index (χ3v) is 1.46. The summed E-state index contributed by atoms with van der Waals surface area (Å²) in [6, 6.07) is 3.72. The monoisotopic (exact) mass is 165 g/mol. The predicted molar refractivity (Wildman–Crippen MR) is 46.3 cm³/mol. The zero-order valence-corrected chi connectivity index (χ0v) is 6.92. The molecule has 0 aliphatic rings. The van der Waals surface area contributed by atoms with E-state index in [1.165, 1.54) is 6.20 Å². The number of nitrogens with zero attached hydrogens (tertiary/aromatic N) is 3. The second-order valence-electron chi connectivity index (χ2n) is 2.07. The van der Waals surface area contributed by atoms with Gasteiger partial charge in [-0.1, -0.05) is 12.8 Å². The van der Waals surface area contributed by atoms with Crippen molar-refractivity contribution < 1.29 is 0 Å². The average molecular weight is 165 g/mol. The van der Waals surface area contributed by atoms with E-state index >= 15 is 0 Å². The van der Waals surface area contributed by atoms with Crippen LogP contribution in [0.4, 0.5) is 5.69 Å². The molecule has 0 aliphatic carbocycles. The van der Waals surface area contributed by atoms with Crippen LogP contribution in [0.25, 0.3) is 0 Å². The van der Waals surface area contributed by atoms with E-state index in [1.54, 1.807) is 23.6 Å². The summed E-state index contributed by atoms with van der Waals surface area (Å²) >= 11 is 4.06. The molecule has 1 aromatic rings. The molecule has 0 amide bonds. The molecule has 3 nitrogen and oxygen atoms in total. The highest BCUT2D eigenvalue weighted by Crippen LogP contribution is 2.13. The Bertz CT molecular complexity index is 290. The zero-order valence-electron chi connectivity index (χ0n) is 6.02. The van der Waals surface area contributed by atoms with Crippen LogP contribution >= 0.6 is 12.8 Å². The van der Waals surface area contributed by atoms with Gasteiger partial charge in [-0.15, -0.1) is 0 Å². The van der Waals surface area contributed by atoms with Crippen molar-refractivity contribution in [2.75, 3.05) is 11.4 Å². The number of hydrogen-bond donors (Lipinski definition) is 1. The smallest absolute Gasteiger partial charge is 0.101 e. The maximum absolute atomic E-state index is 8.51. The Balaban J connectivity index is 3.03. The molecule has 0 saturated heterocycles. The van der Waals surface area contributed by atoms with Crippen molar-refractivity contribution >= 4 is 18.5 Å². The first-order valence-corrected chi connectivity index (χ1v) is 3.42. The van der Waals surface area contributed by atoms with Crippen LogP contribution < -0.4 is 4.31 Å². The molecule has 1 rings (SSSR count). The lowest BCUT2D eigenvalue weighted by Gasteiger charge is -2.08. The van der Waals surface area contributed by atoms with Gasteiger partial charge in [-0.25, -0.2) is 0 Å². The molecule has 4 heteroatoms. The first-order valence-electron chi connectivity index (χ1n) is 3.02. The Morgan fingerprint density at radius 2 is 2.36 bits per heavy atom. The maximum Gasteiger partial charge on any atom is 0.101 e. The van der Waals surface area contributed by atoms with Crippen LogP contribution in [0, 0.1) is 11.3 Å². The van der Waals surface area contributed by atoms with Gasteiger partial charge in [0.25, 0.3) is 0 Å². The van der Waals surface area contributed by atoms with E-state index in [-0.39, 0.29) is 0 Å². The number of hydrogen-bond acceptors (Lipinski definition) is 4. The van der Waals surface area contributed by atoms with E-state index in [9.17, 15) is 0 Å². The van der Waals surface area contributed by atoms with Crippen molar-refractivity contribution in [1.29, 1.82) is 5.26 Å². The van der Waals surface area contributed by atoms with Crippen LogP contribution in [0.3, 0.4) is 0 Å². The normalized spacial score (nSPS) is 8.82. The lowest BCUT2D eigenvalue weighted by atomic mass is 10.3. The van der Waals surface area contributed by atoms with Gasteiger partial charge in [-0.05, 0) is 6.07 Å². The van der Waals surface area contributed by atoms with Crippen molar-refractivity contribution in [3.63, 3.8) is 0 Å². The summed E-state index contributed by atoms with van der Waals surface area (Å²) in [5.74, 6) is 0. The molecule has 0 fully saturated rings. The van der Waals surface area contributed by atoms with Gasteiger partial charge < -0.3 is 4.31 Å². The predicted octanol–water partition coefficient (Wildman–Crippen LogP) is 1.23. The molecular formula is C7H7N3S. The molecule has 11 heavy (non-hydrogen) atoms. The zero-order chi connectivity index (χ0) is 8.27. The highest BCUT2D eigenvalue weighted by Gasteiger charge is 1.96. The fraction of sp³-hybridized carbons (Fsp3) is 0.143. The Hall–Kier alpha value is -1.21. The third kappa shape index (κ3) is 1.85. The molecule has 0 saturated carbocycles. The Kier molecular flexibility index (Phi) is 2.34. The average Bonchev–Trinajstić information content (AvgIpc) is 2.05. The Morgan fingerprint density at radius 3 is 2.91 bits per heavy atom. The van der Waals surface area contributed by atoms with Crippen LogP contribution in [-0.2, 0) is 0 Å². The summed E-state index contributed by atoms with van der Waals surface area (Å²) in [6.45, 7) is 0. The number of rotatable bonds is 1. The van der Waals surface area contributed by atoms with Crippen molar-refractivity contribution in [2.24, 2.45) is 0 Å². The first-order chi connectivity index (χ1) is 5.24. The molecular weight excluding hydrogens is 158 g/mol. The van der Waals surface area contributed by atoms with Gasteiger partial charge in [-0.3, -0.25) is 4.98 Å². The van der Waals surface area contributed by atoms with Crippen molar-refractivity contribution in [1.82, 2.24) is 4.98 Å². The number of nitriles is 1. The third-order valence-electron chi connectivity index (χ3n) is 1.23. The minimum atomic E-state index is 0.545. The van der Waals surface area contributed by atoms with Crippen molar-refractivity contribution in [2.45, 2.75) is 0 Å². The van der Waals surface area contributed by atoms with Gasteiger partial charge >= 0.3 is 0 Å². The lowest BCUT2D eigenvalue weighted by molar-refractivity contribution is 1.25. The second kappa shape index (κ2) is 3.26. The van der Waals surface area contributed by atoms with Gasteiger partial charge in [0.05, 0.1) is 17.4 Å². The fourth-order valence-electron chi connectivity index (χ4n) is 0.666. The van der Waals surface area contributed by atoms with Crippen molar-refractivity contribution in [3.8, 4) is 6.07 Å². The molecule has 0 N–H and O–H groups in total. The van der Waals surface area contributed by atoms with Crippen LogP contribution in [0.15, 0.2) is 18.5 Å². The molecule has 1 heterocycles. The molecule has 0 aliphatic heterocycles. The summed E-state index contributed by atoms with van der Waals surface area (Å²) in [6.07, 6.45) is 3.16. The van der Waals surface area contributed by atoms with Gasteiger partial charge in [-0.2, -0.15) is 5.26 Å². The van der Waals surface area contributed by atoms with Crippen LogP contribution in [0.1, 0.15) is 5.56 Å². The largest absolute Gasteiger partial charge is 0.320 e. The SMILES string of the molecule is CN(S)c1cncc(C#N)c1. The van der Waals surface area contributed by atoms with Crippen LogP contribution in [0.5, 0.6) is 0 Å². The summed E-state index contributed by atoms with van der Waals surface area (Å²) < 4.78 is 1.60. The van der Waals surface area contributed by atoms with Gasteiger partial charge in [0.1, 0.15) is 6.07 Å². The molecule has 0 aromatic carbocycles. The molecule has 0 atom stereocenters. The molecule has 0 radical (unpaired) electrons. The molecule has 0 bridgehead atoms. The van der Waals surface area contributed by atoms with E-state index < -0.39 is 0 Å². The number of pyridine rings is 1. The first kappa shape index (κ1) is 7.89. The van der Waals surface area contributed by atoms with E-state index in [0.717, 1.165) is 5.69 Å². The minimum absolute atomic E-state index is 0.545. The standard InChI is InChI=1S/C7H7N3S/c1-10(11)7-2-6(3-8)4-9-5-7/h2,4-5,11H,1H3. The highest BCUT2D eigenvalue weighted by atomic mass is 32.1. The van der Waals surface area contributed by atoms with Gasteiger partial charge in [0.2, 0.25) is 0 Å². The Labute approximate surface area is 70.8 Å². The lowest BCUT2D eigenvalue weighted by Crippen LogP contribution is -2.01. The molecule has 56 valence electrons. The summed E-state index contributed by atoms with van der Waals surface area (Å²) in [4.78, 5) is 3.86. The van der Waals surface area contributed by atoms with E-state index in [4.69, 9.17) is 5.26 Å². The minimum Gasteiger partial charge on any atom is -0.320 e. The number of thiol groups is 1. The quantitative estimate of drug-likeness (QED) is 0.636. The molecule has 0 unspecified atom stereocenters. The summed E-state index contributed by atoms with van der Waals surface area (Å²) in [5, 5.41) is 8.51. The fourth-order valence-corrected chi connectivity index (χ4v) is 0.775. The van der Waals surface area contributed by atoms with E-state index in [0.29, 0.717) is 5.56 Å². The summed E-state index contributed by atoms with van der Waals surface area (Å²) in [7, 11) is 1.78.